The number of hydrogen-bond acceptors (Lipinski definition) is 3. The second kappa shape index (κ2) is 4.52. The van der Waals surface area contributed by atoms with Gasteiger partial charge in [0, 0.05) is 11.8 Å². The summed E-state index contributed by atoms with van der Waals surface area (Å²) in [4.78, 5) is 11.0. The van der Waals surface area contributed by atoms with Crippen LogP contribution in [0.4, 0.5) is 4.79 Å². The summed E-state index contributed by atoms with van der Waals surface area (Å²) in [6, 6.07) is 10.1. The van der Waals surface area contributed by atoms with E-state index in [1.165, 1.54) is 5.56 Å². The van der Waals surface area contributed by atoms with Gasteiger partial charge in [-0.3, -0.25) is 4.68 Å². The van der Waals surface area contributed by atoms with Gasteiger partial charge in [0.1, 0.15) is 6.10 Å². The fourth-order valence-electron chi connectivity index (χ4n) is 1.98. The first kappa shape index (κ1) is 10.8. The minimum atomic E-state index is -0.365. The molecule has 1 aliphatic heterocycles. The zero-order chi connectivity index (χ0) is 12.4. The lowest BCUT2D eigenvalue weighted by Crippen LogP contribution is -2.12. The van der Waals surface area contributed by atoms with E-state index in [-0.39, 0.29) is 12.2 Å². The molecule has 1 N–H and O–H groups in total. The van der Waals surface area contributed by atoms with Crippen molar-refractivity contribution in [2.45, 2.75) is 12.6 Å². The van der Waals surface area contributed by atoms with Crippen LogP contribution in [0.25, 0.3) is 0 Å². The molecule has 1 amide bonds. The highest BCUT2D eigenvalue weighted by Gasteiger charge is 2.25. The van der Waals surface area contributed by atoms with Gasteiger partial charge in [0.25, 0.3) is 0 Å². The Kier molecular flexibility index (Phi) is 2.72. The van der Waals surface area contributed by atoms with Crippen molar-refractivity contribution in [2.75, 3.05) is 6.54 Å². The van der Waals surface area contributed by atoms with Crippen molar-refractivity contribution in [2.24, 2.45) is 0 Å². The monoisotopic (exact) mass is 243 g/mol. The number of ether oxygens (including phenoxy) is 1. The molecule has 1 fully saturated rings. The normalized spacial score (nSPS) is 18.4. The number of carbonyl (C=O) groups is 1. The first-order chi connectivity index (χ1) is 8.81. The topological polar surface area (TPSA) is 56.2 Å². The number of carbonyl (C=O) groups excluding carboxylic acids is 1. The number of benzene rings is 1. The Bertz CT molecular complexity index is 550. The van der Waals surface area contributed by atoms with Crippen molar-refractivity contribution in [1.29, 1.82) is 0 Å². The molecule has 1 aromatic heterocycles. The standard InChI is InChI=1S/C13H13N3O2/c17-13-14-7-12(18-13)11-6-15-16(9-11)8-10-4-2-1-3-5-10/h1-6,9,12H,7-8H2,(H,14,17). The van der Waals surface area contributed by atoms with Gasteiger partial charge >= 0.3 is 6.09 Å². The van der Waals surface area contributed by atoms with E-state index in [0.29, 0.717) is 6.54 Å². The summed E-state index contributed by atoms with van der Waals surface area (Å²) in [7, 11) is 0. The maximum atomic E-state index is 11.0. The summed E-state index contributed by atoms with van der Waals surface area (Å²) < 4.78 is 6.95. The van der Waals surface area contributed by atoms with Crippen LogP contribution in [0.1, 0.15) is 17.2 Å². The van der Waals surface area contributed by atoms with Crippen LogP contribution in [0, 0.1) is 0 Å². The lowest BCUT2D eigenvalue weighted by atomic mass is 10.2. The molecule has 1 aliphatic rings. The number of hydrogen-bond donors (Lipinski definition) is 1. The molecule has 18 heavy (non-hydrogen) atoms. The van der Waals surface area contributed by atoms with Gasteiger partial charge in [0.15, 0.2) is 0 Å². The zero-order valence-electron chi connectivity index (χ0n) is 9.74. The van der Waals surface area contributed by atoms with Crippen LogP contribution in [0.3, 0.4) is 0 Å². The summed E-state index contributed by atoms with van der Waals surface area (Å²) >= 11 is 0. The van der Waals surface area contributed by atoms with Crippen molar-refractivity contribution in [3.63, 3.8) is 0 Å². The van der Waals surface area contributed by atoms with E-state index in [1.807, 2.05) is 29.1 Å². The summed E-state index contributed by atoms with van der Waals surface area (Å²) in [5.41, 5.74) is 2.11. The molecule has 0 bridgehead atoms. The van der Waals surface area contributed by atoms with Crippen LogP contribution < -0.4 is 5.32 Å². The van der Waals surface area contributed by atoms with Gasteiger partial charge < -0.3 is 10.1 Å². The molecule has 0 saturated carbocycles. The fourth-order valence-corrected chi connectivity index (χ4v) is 1.98. The number of cyclic esters (lactones) is 1. The van der Waals surface area contributed by atoms with Crippen LogP contribution in [-0.4, -0.2) is 22.4 Å². The van der Waals surface area contributed by atoms with E-state index in [2.05, 4.69) is 22.5 Å². The van der Waals surface area contributed by atoms with Gasteiger partial charge in [-0.15, -0.1) is 0 Å². The second-order valence-corrected chi connectivity index (χ2v) is 4.23. The lowest BCUT2D eigenvalue weighted by Gasteiger charge is -2.03. The maximum Gasteiger partial charge on any atom is 0.407 e. The SMILES string of the molecule is O=C1NCC(c2cnn(Cc3ccccc3)c2)O1. The molecule has 1 atom stereocenters. The molecule has 5 heteroatoms. The molecule has 1 aromatic carbocycles. The summed E-state index contributed by atoms with van der Waals surface area (Å²) in [5.74, 6) is 0. The molecule has 1 saturated heterocycles. The predicted molar refractivity (Wildman–Crippen MR) is 65.0 cm³/mol. The average molecular weight is 243 g/mol. The Morgan fingerprint density at radius 2 is 2.22 bits per heavy atom. The predicted octanol–water partition coefficient (Wildman–Crippen LogP) is 1.71. The molecule has 2 heterocycles. The van der Waals surface area contributed by atoms with Gasteiger partial charge in [-0.25, -0.2) is 4.79 Å². The van der Waals surface area contributed by atoms with E-state index in [9.17, 15) is 4.79 Å². The minimum absolute atomic E-state index is 0.220. The lowest BCUT2D eigenvalue weighted by molar-refractivity contribution is 0.141. The van der Waals surface area contributed by atoms with Crippen LogP contribution in [0.5, 0.6) is 0 Å². The van der Waals surface area contributed by atoms with Crippen LogP contribution in [0.2, 0.25) is 0 Å². The Balaban J connectivity index is 1.72. The van der Waals surface area contributed by atoms with Gasteiger partial charge in [-0.1, -0.05) is 30.3 Å². The molecule has 0 spiro atoms. The number of rotatable bonds is 3. The third-order valence-electron chi connectivity index (χ3n) is 2.89. The summed E-state index contributed by atoms with van der Waals surface area (Å²) in [6.45, 7) is 1.23. The van der Waals surface area contributed by atoms with Crippen molar-refractivity contribution >= 4 is 6.09 Å². The molecule has 5 nitrogen and oxygen atoms in total. The van der Waals surface area contributed by atoms with Crippen LogP contribution in [0.15, 0.2) is 42.7 Å². The first-order valence-electron chi connectivity index (χ1n) is 5.82. The third kappa shape index (κ3) is 2.20. The number of aromatic nitrogens is 2. The second-order valence-electron chi connectivity index (χ2n) is 4.23. The summed E-state index contributed by atoms with van der Waals surface area (Å²) in [6.07, 6.45) is 3.07. The molecule has 0 radical (unpaired) electrons. The fraction of sp³-hybridized carbons (Fsp3) is 0.231. The third-order valence-corrected chi connectivity index (χ3v) is 2.89. The smallest absolute Gasteiger partial charge is 0.407 e. The Hall–Kier alpha value is -2.30. The van der Waals surface area contributed by atoms with Crippen molar-refractivity contribution in [1.82, 2.24) is 15.1 Å². The number of nitrogens with zero attached hydrogens (tertiary/aromatic N) is 2. The van der Waals surface area contributed by atoms with Crippen molar-refractivity contribution in [3.8, 4) is 0 Å². The highest BCUT2D eigenvalue weighted by Crippen LogP contribution is 2.20. The van der Waals surface area contributed by atoms with E-state index < -0.39 is 0 Å². The van der Waals surface area contributed by atoms with Crippen LogP contribution >= 0.6 is 0 Å². The molecule has 1 unspecified atom stereocenters. The largest absolute Gasteiger partial charge is 0.439 e. The number of amides is 1. The van der Waals surface area contributed by atoms with Gasteiger partial charge in [-0.2, -0.15) is 5.10 Å². The Labute approximate surface area is 104 Å². The average Bonchev–Trinajstić information content (AvgIpc) is 2.99. The maximum absolute atomic E-state index is 11.0. The van der Waals surface area contributed by atoms with E-state index in [4.69, 9.17) is 4.74 Å². The Morgan fingerprint density at radius 1 is 1.39 bits per heavy atom. The number of alkyl carbamates (subject to hydrolysis) is 1. The molecule has 92 valence electrons. The molecular formula is C13H13N3O2. The molecular weight excluding hydrogens is 230 g/mol. The van der Waals surface area contributed by atoms with Gasteiger partial charge in [0.05, 0.1) is 19.3 Å². The molecule has 2 aromatic rings. The summed E-state index contributed by atoms with van der Waals surface area (Å²) in [5, 5.41) is 6.91. The first-order valence-corrected chi connectivity index (χ1v) is 5.82. The van der Waals surface area contributed by atoms with E-state index in [1.54, 1.807) is 6.20 Å². The number of nitrogens with one attached hydrogen (secondary N) is 1. The van der Waals surface area contributed by atoms with E-state index in [0.717, 1.165) is 12.1 Å². The molecule has 0 aliphatic carbocycles. The molecule has 3 rings (SSSR count). The minimum Gasteiger partial charge on any atom is -0.439 e. The van der Waals surface area contributed by atoms with Crippen LogP contribution in [-0.2, 0) is 11.3 Å². The van der Waals surface area contributed by atoms with Crippen molar-refractivity contribution in [3.05, 3.63) is 53.9 Å². The highest BCUT2D eigenvalue weighted by atomic mass is 16.6. The quantitative estimate of drug-likeness (QED) is 0.892. The van der Waals surface area contributed by atoms with E-state index >= 15 is 0 Å². The van der Waals surface area contributed by atoms with Crippen molar-refractivity contribution < 1.29 is 9.53 Å². The zero-order valence-corrected chi connectivity index (χ0v) is 9.74. The highest BCUT2D eigenvalue weighted by molar-refractivity contribution is 5.69. The Morgan fingerprint density at radius 3 is 2.94 bits per heavy atom. The van der Waals surface area contributed by atoms with Gasteiger partial charge in [0.2, 0.25) is 0 Å². The van der Waals surface area contributed by atoms with Gasteiger partial charge in [-0.05, 0) is 5.56 Å².